The van der Waals surface area contributed by atoms with Crippen LogP contribution in [0.1, 0.15) is 19.8 Å². The molecule has 2 rings (SSSR count). The molecule has 1 aromatic rings. The van der Waals surface area contributed by atoms with Gasteiger partial charge in [0, 0.05) is 17.1 Å². The minimum absolute atomic E-state index is 0.0935. The zero-order chi connectivity index (χ0) is 12.3. The number of hydrogen-bond acceptors (Lipinski definition) is 2. The number of nitrogens with zero attached hydrogens (tertiary/aromatic N) is 4. The maximum atomic E-state index is 12.3. The molecule has 1 aliphatic rings. The molecule has 17 heavy (non-hydrogen) atoms. The summed E-state index contributed by atoms with van der Waals surface area (Å²) in [6, 6.07) is 9.47. The van der Waals surface area contributed by atoms with Gasteiger partial charge < -0.3 is 4.90 Å². The highest BCUT2D eigenvalue weighted by Crippen LogP contribution is 2.33. The summed E-state index contributed by atoms with van der Waals surface area (Å²) in [6.45, 7) is 2.48. The normalized spacial score (nSPS) is 23.6. The van der Waals surface area contributed by atoms with Crippen LogP contribution in [0.3, 0.4) is 0 Å². The minimum atomic E-state index is -0.884. The quantitative estimate of drug-likeness (QED) is 0.447. The highest BCUT2D eigenvalue weighted by molar-refractivity contribution is 6.02. The molecule has 1 aromatic carbocycles. The topological polar surface area (TPSA) is 69.1 Å². The van der Waals surface area contributed by atoms with Gasteiger partial charge in [0.15, 0.2) is 0 Å². The van der Waals surface area contributed by atoms with E-state index < -0.39 is 5.54 Å². The molecule has 88 valence electrons. The molecule has 0 bridgehead atoms. The van der Waals surface area contributed by atoms with E-state index >= 15 is 0 Å². The third-order valence-electron chi connectivity index (χ3n) is 3.28. The fourth-order valence-corrected chi connectivity index (χ4v) is 2.19. The molecule has 5 nitrogen and oxygen atoms in total. The summed E-state index contributed by atoms with van der Waals surface area (Å²) in [5.74, 6) is -0.0935. The molecule has 1 unspecified atom stereocenters. The Morgan fingerprint density at radius 2 is 2.18 bits per heavy atom. The first-order valence-electron chi connectivity index (χ1n) is 5.67. The van der Waals surface area contributed by atoms with Crippen LogP contribution in [0.25, 0.3) is 10.4 Å². The van der Waals surface area contributed by atoms with Gasteiger partial charge in [0.25, 0.3) is 0 Å². The van der Waals surface area contributed by atoms with Crippen LogP contribution in [-0.4, -0.2) is 18.0 Å². The molecule has 1 atom stereocenters. The van der Waals surface area contributed by atoms with Crippen LogP contribution in [0, 0.1) is 0 Å². The van der Waals surface area contributed by atoms with Gasteiger partial charge in [-0.25, -0.2) is 0 Å². The minimum Gasteiger partial charge on any atom is -0.312 e. The summed E-state index contributed by atoms with van der Waals surface area (Å²) in [5, 5.41) is 3.72. The first-order valence-corrected chi connectivity index (χ1v) is 5.67. The fraction of sp³-hybridized carbons (Fsp3) is 0.417. The van der Waals surface area contributed by atoms with Gasteiger partial charge in [-0.05, 0) is 30.5 Å². The number of azide groups is 1. The summed E-state index contributed by atoms with van der Waals surface area (Å²) in [5.41, 5.74) is 8.56. The molecule has 0 spiro atoms. The summed E-state index contributed by atoms with van der Waals surface area (Å²) in [4.78, 5) is 16.8. The number of carbonyl (C=O) groups is 1. The number of rotatable bonds is 3. The lowest BCUT2D eigenvalue weighted by molar-refractivity contribution is -0.121. The second kappa shape index (κ2) is 4.47. The van der Waals surface area contributed by atoms with Crippen molar-refractivity contribution in [2.24, 2.45) is 5.11 Å². The largest absolute Gasteiger partial charge is 0.312 e. The molecule has 0 saturated carbocycles. The van der Waals surface area contributed by atoms with Crippen LogP contribution < -0.4 is 4.90 Å². The van der Waals surface area contributed by atoms with Crippen LogP contribution in [0.4, 0.5) is 5.69 Å². The first-order chi connectivity index (χ1) is 8.23. The van der Waals surface area contributed by atoms with Crippen LogP contribution >= 0.6 is 0 Å². The third-order valence-corrected chi connectivity index (χ3v) is 3.28. The first kappa shape index (κ1) is 11.5. The summed E-state index contributed by atoms with van der Waals surface area (Å²) in [6.07, 6.45) is 1.13. The number of carbonyl (C=O) groups excluding carboxylic acids is 1. The van der Waals surface area contributed by atoms with E-state index in [4.69, 9.17) is 5.53 Å². The van der Waals surface area contributed by atoms with Crippen molar-refractivity contribution in [3.8, 4) is 0 Å². The molecular weight excluding hydrogens is 216 g/mol. The molecular formula is C12H14N4O. The zero-order valence-corrected chi connectivity index (χ0v) is 9.71. The van der Waals surface area contributed by atoms with Crippen molar-refractivity contribution in [2.45, 2.75) is 25.3 Å². The smallest absolute Gasteiger partial charge is 0.239 e. The Labute approximate surface area is 99.7 Å². The number of benzene rings is 1. The summed E-state index contributed by atoms with van der Waals surface area (Å²) >= 11 is 0. The highest BCUT2D eigenvalue weighted by Gasteiger charge is 2.45. The Kier molecular flexibility index (Phi) is 3.02. The molecule has 1 amide bonds. The van der Waals surface area contributed by atoms with Crippen molar-refractivity contribution >= 4 is 11.6 Å². The molecule has 0 N–H and O–H groups in total. The van der Waals surface area contributed by atoms with Crippen molar-refractivity contribution in [3.05, 3.63) is 40.8 Å². The molecule has 0 radical (unpaired) electrons. The van der Waals surface area contributed by atoms with Gasteiger partial charge in [-0.2, -0.15) is 0 Å². The van der Waals surface area contributed by atoms with Crippen molar-refractivity contribution in [2.75, 3.05) is 11.4 Å². The highest BCUT2D eigenvalue weighted by atomic mass is 16.2. The zero-order valence-electron chi connectivity index (χ0n) is 9.71. The van der Waals surface area contributed by atoms with E-state index in [1.165, 1.54) is 0 Å². The van der Waals surface area contributed by atoms with Crippen molar-refractivity contribution in [3.63, 3.8) is 0 Å². The Bertz CT molecular complexity index is 467. The van der Waals surface area contributed by atoms with Gasteiger partial charge >= 0.3 is 0 Å². The van der Waals surface area contributed by atoms with E-state index in [-0.39, 0.29) is 5.91 Å². The van der Waals surface area contributed by atoms with Gasteiger partial charge in [-0.1, -0.05) is 30.2 Å². The molecule has 1 aliphatic heterocycles. The van der Waals surface area contributed by atoms with E-state index in [2.05, 4.69) is 10.0 Å². The number of hydrogen-bond donors (Lipinski definition) is 0. The molecule has 1 heterocycles. The maximum absolute atomic E-state index is 12.3. The SMILES string of the molecule is CCC1(N=[N+]=[N-])CCN(c2ccccc2)C1=O. The van der Waals surface area contributed by atoms with E-state index in [9.17, 15) is 4.79 Å². The second-order valence-electron chi connectivity index (χ2n) is 4.12. The molecule has 5 heteroatoms. The van der Waals surface area contributed by atoms with E-state index in [0.29, 0.717) is 19.4 Å². The predicted molar refractivity (Wildman–Crippen MR) is 65.6 cm³/mol. The van der Waals surface area contributed by atoms with E-state index in [0.717, 1.165) is 5.69 Å². The van der Waals surface area contributed by atoms with Crippen LogP contribution in [0.5, 0.6) is 0 Å². The molecule has 1 saturated heterocycles. The van der Waals surface area contributed by atoms with E-state index in [1.807, 2.05) is 37.3 Å². The van der Waals surface area contributed by atoms with Gasteiger partial charge in [0.05, 0.1) is 0 Å². The average molecular weight is 230 g/mol. The Hall–Kier alpha value is -2.00. The van der Waals surface area contributed by atoms with E-state index in [1.54, 1.807) is 4.90 Å². The summed E-state index contributed by atoms with van der Waals surface area (Å²) < 4.78 is 0. The van der Waals surface area contributed by atoms with Crippen molar-refractivity contribution in [1.29, 1.82) is 0 Å². The van der Waals surface area contributed by atoms with Crippen molar-refractivity contribution in [1.82, 2.24) is 0 Å². The standard InChI is InChI=1S/C12H14N4O/c1-2-12(14-15-13)8-9-16(11(12)17)10-6-4-3-5-7-10/h3-7H,2,8-9H2,1H3. The number of amides is 1. The van der Waals surface area contributed by atoms with Crippen LogP contribution in [0.15, 0.2) is 35.4 Å². The lowest BCUT2D eigenvalue weighted by Gasteiger charge is -2.21. The molecule has 1 fully saturated rings. The average Bonchev–Trinajstić information content (AvgIpc) is 2.69. The van der Waals surface area contributed by atoms with Crippen LogP contribution in [-0.2, 0) is 4.79 Å². The monoisotopic (exact) mass is 230 g/mol. The predicted octanol–water partition coefficient (Wildman–Crippen LogP) is 2.88. The maximum Gasteiger partial charge on any atom is 0.239 e. The Morgan fingerprint density at radius 3 is 2.76 bits per heavy atom. The fourth-order valence-electron chi connectivity index (χ4n) is 2.19. The number of anilines is 1. The Morgan fingerprint density at radius 1 is 1.47 bits per heavy atom. The molecule has 0 aliphatic carbocycles. The van der Waals surface area contributed by atoms with Gasteiger partial charge in [0.1, 0.15) is 5.54 Å². The lowest BCUT2D eigenvalue weighted by Crippen LogP contribution is -2.37. The van der Waals surface area contributed by atoms with Gasteiger partial charge in [0.2, 0.25) is 5.91 Å². The summed E-state index contributed by atoms with van der Waals surface area (Å²) in [7, 11) is 0. The van der Waals surface area contributed by atoms with Gasteiger partial charge in [-0.3, -0.25) is 4.79 Å². The van der Waals surface area contributed by atoms with Crippen molar-refractivity contribution < 1.29 is 4.79 Å². The number of para-hydroxylation sites is 1. The third kappa shape index (κ3) is 1.85. The van der Waals surface area contributed by atoms with Crippen LogP contribution in [0.2, 0.25) is 0 Å². The molecule has 0 aromatic heterocycles. The van der Waals surface area contributed by atoms with Gasteiger partial charge in [-0.15, -0.1) is 0 Å². The lowest BCUT2D eigenvalue weighted by atomic mass is 9.96. The Balaban J connectivity index is 2.32. The second-order valence-corrected chi connectivity index (χ2v) is 4.12.